The molecule has 2 aromatic heterocycles. The van der Waals surface area contributed by atoms with Crippen molar-refractivity contribution >= 4 is 16.7 Å². The summed E-state index contributed by atoms with van der Waals surface area (Å²) in [7, 11) is 3.62. The molecular weight excluding hydrogens is 282 g/mol. The second-order valence-electron chi connectivity index (χ2n) is 5.58. The van der Waals surface area contributed by atoms with Crippen LogP contribution in [0.3, 0.4) is 0 Å². The summed E-state index contributed by atoms with van der Waals surface area (Å²) < 4.78 is 3.41. The Morgan fingerprint density at radius 1 is 1.32 bits per heavy atom. The third kappa shape index (κ3) is 2.18. The Hall–Kier alpha value is -2.25. The van der Waals surface area contributed by atoms with E-state index >= 15 is 0 Å². The number of likely N-dealkylation sites (N-methyl/N-ethyl adjacent to an activating group) is 1. The maximum absolute atomic E-state index is 12.4. The zero-order valence-corrected chi connectivity index (χ0v) is 12.9. The van der Waals surface area contributed by atoms with Gasteiger partial charge in [-0.3, -0.25) is 18.7 Å². The Labute approximate surface area is 127 Å². The van der Waals surface area contributed by atoms with Crippen molar-refractivity contribution in [3.05, 3.63) is 40.4 Å². The van der Waals surface area contributed by atoms with Crippen LogP contribution in [-0.2, 0) is 13.6 Å². The number of nitrogens with zero attached hydrogens (tertiary/aromatic N) is 5. The van der Waals surface area contributed by atoms with E-state index in [4.69, 9.17) is 0 Å². The second kappa shape index (κ2) is 5.51. The first-order chi connectivity index (χ1) is 10.5. The molecule has 2 heterocycles. The van der Waals surface area contributed by atoms with Crippen molar-refractivity contribution in [1.29, 1.82) is 0 Å². The van der Waals surface area contributed by atoms with Gasteiger partial charge in [0.15, 0.2) is 5.82 Å². The number of fused-ring (bicyclic) bond motifs is 3. The molecule has 3 aromatic rings. The van der Waals surface area contributed by atoms with E-state index in [1.807, 2.05) is 41.5 Å². The summed E-state index contributed by atoms with van der Waals surface area (Å²) in [6, 6.07) is 7.46. The number of para-hydroxylation sites is 1. The Morgan fingerprint density at radius 3 is 2.77 bits per heavy atom. The van der Waals surface area contributed by atoms with E-state index in [9.17, 15) is 9.90 Å². The quantitative estimate of drug-likeness (QED) is 0.754. The fourth-order valence-electron chi connectivity index (χ4n) is 2.51. The van der Waals surface area contributed by atoms with Gasteiger partial charge in [-0.25, -0.2) is 0 Å². The van der Waals surface area contributed by atoms with Crippen LogP contribution in [-0.4, -0.2) is 48.9 Å². The molecule has 0 bridgehead atoms. The smallest absolute Gasteiger partial charge is 0.262 e. The van der Waals surface area contributed by atoms with Crippen molar-refractivity contribution < 1.29 is 5.11 Å². The lowest BCUT2D eigenvalue weighted by atomic mass is 10.2. The Balaban J connectivity index is 2.24. The van der Waals surface area contributed by atoms with Crippen LogP contribution in [0.5, 0.6) is 0 Å². The van der Waals surface area contributed by atoms with Crippen LogP contribution in [0.1, 0.15) is 12.7 Å². The number of aliphatic hydroxyl groups excluding tert-OH is 1. The van der Waals surface area contributed by atoms with Crippen LogP contribution < -0.4 is 5.56 Å². The van der Waals surface area contributed by atoms with Crippen LogP contribution >= 0.6 is 0 Å². The summed E-state index contributed by atoms with van der Waals surface area (Å²) in [5.74, 6) is 1.26. The lowest BCUT2D eigenvalue weighted by Crippen LogP contribution is -2.32. The van der Waals surface area contributed by atoms with Crippen molar-refractivity contribution in [2.75, 3.05) is 13.7 Å². The lowest BCUT2D eigenvalue weighted by molar-refractivity contribution is 0.151. The molecule has 1 aromatic carbocycles. The highest BCUT2D eigenvalue weighted by molar-refractivity contribution is 5.80. The summed E-state index contributed by atoms with van der Waals surface area (Å²) in [4.78, 5) is 14.4. The number of benzene rings is 1. The van der Waals surface area contributed by atoms with Gasteiger partial charge in [-0.15, -0.1) is 10.2 Å². The first kappa shape index (κ1) is 14.7. The van der Waals surface area contributed by atoms with Crippen LogP contribution in [0.15, 0.2) is 29.1 Å². The largest absolute Gasteiger partial charge is 0.395 e. The SMILES string of the molecule is CC(CO)N(C)Cc1nnc2n(C)c(=O)c3ccccc3n12. The highest BCUT2D eigenvalue weighted by Crippen LogP contribution is 2.15. The average Bonchev–Trinajstić information content (AvgIpc) is 2.95. The minimum atomic E-state index is -0.0841. The van der Waals surface area contributed by atoms with E-state index in [1.54, 1.807) is 13.1 Å². The molecule has 0 saturated carbocycles. The molecule has 22 heavy (non-hydrogen) atoms. The van der Waals surface area contributed by atoms with Gasteiger partial charge in [-0.2, -0.15) is 0 Å². The monoisotopic (exact) mass is 301 g/mol. The fraction of sp³-hybridized carbons (Fsp3) is 0.400. The van der Waals surface area contributed by atoms with Gasteiger partial charge in [0.25, 0.3) is 5.56 Å². The molecule has 7 nitrogen and oxygen atoms in total. The van der Waals surface area contributed by atoms with Crippen LogP contribution in [0.2, 0.25) is 0 Å². The molecule has 0 saturated heterocycles. The van der Waals surface area contributed by atoms with Gasteiger partial charge in [0.05, 0.1) is 24.1 Å². The molecule has 0 fully saturated rings. The first-order valence-corrected chi connectivity index (χ1v) is 7.17. The second-order valence-corrected chi connectivity index (χ2v) is 5.58. The van der Waals surface area contributed by atoms with E-state index in [-0.39, 0.29) is 18.2 Å². The topological polar surface area (TPSA) is 75.7 Å². The van der Waals surface area contributed by atoms with Gasteiger partial charge in [-0.05, 0) is 26.1 Å². The number of hydrogen-bond acceptors (Lipinski definition) is 5. The van der Waals surface area contributed by atoms with Crippen molar-refractivity contribution in [3.63, 3.8) is 0 Å². The van der Waals surface area contributed by atoms with Crippen LogP contribution in [0, 0.1) is 0 Å². The molecule has 0 aliphatic rings. The van der Waals surface area contributed by atoms with Gasteiger partial charge in [0.2, 0.25) is 5.78 Å². The van der Waals surface area contributed by atoms with Gasteiger partial charge in [-0.1, -0.05) is 12.1 Å². The Kier molecular flexibility index (Phi) is 3.67. The molecule has 1 atom stereocenters. The first-order valence-electron chi connectivity index (χ1n) is 7.17. The van der Waals surface area contributed by atoms with E-state index in [0.717, 1.165) is 11.3 Å². The van der Waals surface area contributed by atoms with Crippen molar-refractivity contribution in [1.82, 2.24) is 24.1 Å². The molecule has 0 amide bonds. The fourth-order valence-corrected chi connectivity index (χ4v) is 2.51. The molecule has 116 valence electrons. The molecule has 0 aliphatic carbocycles. The molecule has 0 aliphatic heterocycles. The Morgan fingerprint density at radius 2 is 2.05 bits per heavy atom. The number of aryl methyl sites for hydroxylation is 1. The van der Waals surface area contributed by atoms with Gasteiger partial charge in [0.1, 0.15) is 0 Å². The minimum absolute atomic E-state index is 0.0196. The molecule has 3 rings (SSSR count). The molecular formula is C15H19N5O2. The third-order valence-corrected chi connectivity index (χ3v) is 4.10. The normalized spacial score (nSPS) is 13.3. The van der Waals surface area contributed by atoms with E-state index < -0.39 is 0 Å². The Bertz CT molecular complexity index is 883. The van der Waals surface area contributed by atoms with Crippen molar-refractivity contribution in [3.8, 4) is 0 Å². The van der Waals surface area contributed by atoms with Crippen molar-refractivity contribution in [2.45, 2.75) is 19.5 Å². The lowest BCUT2D eigenvalue weighted by Gasteiger charge is -2.21. The maximum Gasteiger partial charge on any atom is 0.262 e. The number of rotatable bonds is 4. The van der Waals surface area contributed by atoms with E-state index in [2.05, 4.69) is 10.2 Å². The standard InChI is InChI=1S/C15H19N5O2/c1-10(9-21)18(2)8-13-16-17-15-19(3)14(22)11-6-4-5-7-12(11)20(13)15/h4-7,10,21H,8-9H2,1-3H3. The van der Waals surface area contributed by atoms with Crippen molar-refractivity contribution in [2.24, 2.45) is 7.05 Å². The number of aliphatic hydroxyl groups is 1. The van der Waals surface area contributed by atoms with E-state index in [1.165, 1.54) is 4.57 Å². The highest BCUT2D eigenvalue weighted by atomic mass is 16.3. The molecule has 0 spiro atoms. The summed E-state index contributed by atoms with van der Waals surface area (Å²) in [6.45, 7) is 2.55. The minimum Gasteiger partial charge on any atom is -0.395 e. The van der Waals surface area contributed by atoms with Gasteiger partial charge >= 0.3 is 0 Å². The molecule has 7 heteroatoms. The number of hydrogen-bond donors (Lipinski definition) is 1. The molecule has 1 N–H and O–H groups in total. The summed E-state index contributed by atoms with van der Waals surface area (Å²) in [5, 5.41) is 18.3. The number of aromatic nitrogens is 4. The summed E-state index contributed by atoms with van der Waals surface area (Å²) >= 11 is 0. The summed E-state index contributed by atoms with van der Waals surface area (Å²) in [5.41, 5.74) is 0.713. The van der Waals surface area contributed by atoms with Gasteiger partial charge in [0, 0.05) is 13.1 Å². The predicted molar refractivity (Wildman–Crippen MR) is 83.7 cm³/mol. The molecule has 0 radical (unpaired) electrons. The van der Waals surface area contributed by atoms with Crippen LogP contribution in [0.25, 0.3) is 16.7 Å². The third-order valence-electron chi connectivity index (χ3n) is 4.10. The summed E-state index contributed by atoms with van der Waals surface area (Å²) in [6.07, 6.45) is 0. The van der Waals surface area contributed by atoms with Crippen LogP contribution in [0.4, 0.5) is 0 Å². The van der Waals surface area contributed by atoms with Gasteiger partial charge < -0.3 is 5.11 Å². The maximum atomic E-state index is 12.4. The predicted octanol–water partition coefficient (Wildman–Crippen LogP) is 0.394. The zero-order chi connectivity index (χ0) is 15.9. The highest BCUT2D eigenvalue weighted by Gasteiger charge is 2.17. The molecule has 1 unspecified atom stereocenters. The average molecular weight is 301 g/mol. The zero-order valence-electron chi connectivity index (χ0n) is 12.9. The van der Waals surface area contributed by atoms with E-state index in [0.29, 0.717) is 17.7 Å².